The minimum atomic E-state index is 0. The molecule has 1 saturated heterocycles. The molecule has 1 aliphatic heterocycles. The minimum Gasteiger partial charge on any atom is -0.341 e. The van der Waals surface area contributed by atoms with E-state index < -0.39 is 0 Å². The van der Waals surface area contributed by atoms with Crippen LogP contribution >= 0.6 is 12.4 Å². The van der Waals surface area contributed by atoms with Gasteiger partial charge >= 0.3 is 0 Å². The molecule has 0 spiro atoms. The number of piperidine rings is 1. The van der Waals surface area contributed by atoms with Crippen molar-refractivity contribution >= 4 is 18.3 Å². The lowest BCUT2D eigenvalue weighted by molar-refractivity contribution is -0.134. The van der Waals surface area contributed by atoms with Gasteiger partial charge in [-0.15, -0.1) is 22.6 Å². The van der Waals surface area contributed by atoms with Crippen LogP contribution in [0.15, 0.2) is 24.3 Å². The van der Waals surface area contributed by atoms with Gasteiger partial charge in [0.15, 0.2) is 0 Å². The van der Waals surface area contributed by atoms with E-state index >= 15 is 0 Å². The number of nitrogens with zero attached hydrogens (tertiary/aromatic N) is 5. The summed E-state index contributed by atoms with van der Waals surface area (Å²) < 4.78 is 0. The SMILES string of the molecule is CNCC1CCCN(C(=O)Cn2nnc(-c3ccc(C)cc3)n2)C1.Cl. The second-order valence-electron chi connectivity index (χ2n) is 6.42. The molecule has 8 heteroatoms. The number of carbonyl (C=O) groups excluding carboxylic acids is 1. The van der Waals surface area contributed by atoms with Crippen LogP contribution in [0.4, 0.5) is 0 Å². The molecule has 1 aromatic carbocycles. The predicted octanol–water partition coefficient (Wildman–Crippen LogP) is 1.53. The summed E-state index contributed by atoms with van der Waals surface area (Å²) in [5.74, 6) is 1.14. The van der Waals surface area contributed by atoms with Gasteiger partial charge in [0.25, 0.3) is 0 Å². The maximum atomic E-state index is 12.5. The van der Waals surface area contributed by atoms with Crippen LogP contribution in [0, 0.1) is 12.8 Å². The molecule has 0 aliphatic carbocycles. The molecular formula is C17H25ClN6O. The molecule has 0 bridgehead atoms. The molecule has 1 unspecified atom stereocenters. The molecule has 3 rings (SSSR count). The summed E-state index contributed by atoms with van der Waals surface area (Å²) in [6.07, 6.45) is 2.22. The first-order valence-electron chi connectivity index (χ1n) is 8.43. The highest BCUT2D eigenvalue weighted by Gasteiger charge is 2.23. The molecule has 0 saturated carbocycles. The van der Waals surface area contributed by atoms with Gasteiger partial charge in [0.1, 0.15) is 6.54 Å². The summed E-state index contributed by atoms with van der Waals surface area (Å²) in [5, 5.41) is 15.6. The van der Waals surface area contributed by atoms with Crippen molar-refractivity contribution in [3.8, 4) is 11.4 Å². The summed E-state index contributed by atoms with van der Waals surface area (Å²) >= 11 is 0. The van der Waals surface area contributed by atoms with Crippen molar-refractivity contribution in [2.24, 2.45) is 5.92 Å². The molecule has 7 nitrogen and oxygen atoms in total. The summed E-state index contributed by atoms with van der Waals surface area (Å²) in [5.41, 5.74) is 2.09. The van der Waals surface area contributed by atoms with Crippen molar-refractivity contribution in [3.05, 3.63) is 29.8 Å². The van der Waals surface area contributed by atoms with Gasteiger partial charge in [-0.2, -0.15) is 4.80 Å². The Morgan fingerprint density at radius 3 is 2.80 bits per heavy atom. The number of carbonyl (C=O) groups is 1. The molecule has 1 aromatic heterocycles. The number of hydrogen-bond donors (Lipinski definition) is 1. The lowest BCUT2D eigenvalue weighted by atomic mass is 9.98. The molecule has 136 valence electrons. The Morgan fingerprint density at radius 2 is 2.08 bits per heavy atom. The highest BCUT2D eigenvalue weighted by atomic mass is 35.5. The van der Waals surface area contributed by atoms with E-state index in [2.05, 4.69) is 20.7 Å². The molecule has 2 aromatic rings. The normalized spacial score (nSPS) is 17.2. The summed E-state index contributed by atoms with van der Waals surface area (Å²) in [6, 6.07) is 7.95. The number of halogens is 1. The monoisotopic (exact) mass is 364 g/mol. The van der Waals surface area contributed by atoms with Crippen molar-refractivity contribution in [1.29, 1.82) is 0 Å². The van der Waals surface area contributed by atoms with Gasteiger partial charge in [-0.1, -0.05) is 29.8 Å². The number of hydrogen-bond acceptors (Lipinski definition) is 5. The van der Waals surface area contributed by atoms with E-state index in [1.165, 1.54) is 16.8 Å². The first-order chi connectivity index (χ1) is 11.7. The molecule has 1 amide bonds. The number of aromatic nitrogens is 4. The van der Waals surface area contributed by atoms with Crippen LogP contribution in [0.3, 0.4) is 0 Å². The second-order valence-corrected chi connectivity index (χ2v) is 6.42. The highest BCUT2D eigenvalue weighted by Crippen LogP contribution is 2.17. The van der Waals surface area contributed by atoms with Crippen LogP contribution in [0.25, 0.3) is 11.4 Å². The minimum absolute atomic E-state index is 0. The van der Waals surface area contributed by atoms with Crippen LogP contribution in [-0.4, -0.2) is 57.7 Å². The molecule has 25 heavy (non-hydrogen) atoms. The van der Waals surface area contributed by atoms with Crippen LogP contribution in [-0.2, 0) is 11.3 Å². The number of aryl methyl sites for hydroxylation is 1. The average molecular weight is 365 g/mol. The maximum absolute atomic E-state index is 12.5. The van der Waals surface area contributed by atoms with Crippen molar-refractivity contribution in [2.45, 2.75) is 26.3 Å². The van der Waals surface area contributed by atoms with Gasteiger partial charge < -0.3 is 10.2 Å². The Kier molecular flexibility index (Phi) is 6.90. The zero-order valence-corrected chi connectivity index (χ0v) is 15.5. The molecule has 1 fully saturated rings. The van der Waals surface area contributed by atoms with E-state index in [1.807, 2.05) is 43.1 Å². The summed E-state index contributed by atoms with van der Waals surface area (Å²) in [7, 11) is 1.95. The summed E-state index contributed by atoms with van der Waals surface area (Å²) in [4.78, 5) is 15.8. The van der Waals surface area contributed by atoms with Crippen LogP contribution in [0.2, 0.25) is 0 Å². The zero-order chi connectivity index (χ0) is 16.9. The Labute approximate surface area is 154 Å². The fourth-order valence-electron chi connectivity index (χ4n) is 3.10. The third kappa shape index (κ3) is 4.99. The number of likely N-dealkylation sites (tertiary alicyclic amines) is 1. The lowest BCUT2D eigenvalue weighted by Gasteiger charge is -2.32. The topological polar surface area (TPSA) is 75.9 Å². The Morgan fingerprint density at radius 1 is 1.32 bits per heavy atom. The van der Waals surface area contributed by atoms with Gasteiger partial charge in [-0.3, -0.25) is 4.79 Å². The largest absolute Gasteiger partial charge is 0.341 e. The first kappa shape index (κ1) is 19.3. The van der Waals surface area contributed by atoms with Gasteiger partial charge in [-0.05, 0) is 44.5 Å². The van der Waals surface area contributed by atoms with Crippen molar-refractivity contribution < 1.29 is 4.79 Å². The molecule has 1 aliphatic rings. The molecule has 1 atom stereocenters. The Bertz CT molecular complexity index is 685. The van der Waals surface area contributed by atoms with Crippen molar-refractivity contribution in [2.75, 3.05) is 26.7 Å². The van der Waals surface area contributed by atoms with Crippen molar-refractivity contribution in [3.63, 3.8) is 0 Å². The molecule has 2 heterocycles. The van der Waals surface area contributed by atoms with E-state index in [9.17, 15) is 4.79 Å². The Balaban J connectivity index is 0.00000225. The smallest absolute Gasteiger partial charge is 0.246 e. The number of amides is 1. The number of tetrazole rings is 1. The van der Waals surface area contributed by atoms with Gasteiger partial charge in [-0.25, -0.2) is 0 Å². The third-order valence-corrected chi connectivity index (χ3v) is 4.40. The number of rotatable bonds is 5. The van der Waals surface area contributed by atoms with E-state index in [0.29, 0.717) is 11.7 Å². The van der Waals surface area contributed by atoms with Crippen LogP contribution in [0.5, 0.6) is 0 Å². The van der Waals surface area contributed by atoms with Crippen LogP contribution in [0.1, 0.15) is 18.4 Å². The van der Waals surface area contributed by atoms with E-state index in [-0.39, 0.29) is 24.9 Å². The summed E-state index contributed by atoms with van der Waals surface area (Å²) in [6.45, 7) is 4.75. The highest BCUT2D eigenvalue weighted by molar-refractivity contribution is 5.85. The number of benzene rings is 1. The van der Waals surface area contributed by atoms with E-state index in [0.717, 1.165) is 31.6 Å². The zero-order valence-electron chi connectivity index (χ0n) is 14.7. The van der Waals surface area contributed by atoms with Gasteiger partial charge in [0, 0.05) is 18.7 Å². The number of nitrogens with one attached hydrogen (secondary N) is 1. The fraction of sp³-hybridized carbons (Fsp3) is 0.529. The molecule has 0 radical (unpaired) electrons. The van der Waals surface area contributed by atoms with E-state index in [4.69, 9.17) is 0 Å². The standard InChI is InChI=1S/C17H24N6O.ClH/c1-13-5-7-15(8-6-13)17-19-21-23(20-17)12-16(24)22-9-3-4-14(11-22)10-18-2;/h5-8,14,18H,3-4,9-12H2,1-2H3;1H. The average Bonchev–Trinajstić information content (AvgIpc) is 3.04. The van der Waals surface area contributed by atoms with Crippen LogP contribution < -0.4 is 5.32 Å². The van der Waals surface area contributed by atoms with Gasteiger partial charge in [0.2, 0.25) is 11.7 Å². The molecule has 1 N–H and O–H groups in total. The predicted molar refractivity (Wildman–Crippen MR) is 98.5 cm³/mol. The molecular weight excluding hydrogens is 340 g/mol. The third-order valence-electron chi connectivity index (χ3n) is 4.40. The quantitative estimate of drug-likeness (QED) is 0.870. The Hall–Kier alpha value is -1.99. The lowest BCUT2D eigenvalue weighted by Crippen LogP contribution is -2.44. The fourth-order valence-corrected chi connectivity index (χ4v) is 3.10. The second kappa shape index (κ2) is 8.92. The van der Waals surface area contributed by atoms with E-state index in [1.54, 1.807) is 0 Å². The first-order valence-corrected chi connectivity index (χ1v) is 8.43. The van der Waals surface area contributed by atoms with Gasteiger partial charge in [0.05, 0.1) is 0 Å². The van der Waals surface area contributed by atoms with Crippen molar-refractivity contribution in [1.82, 2.24) is 30.4 Å². The maximum Gasteiger partial charge on any atom is 0.246 e.